The Balaban J connectivity index is 2.52. The fourth-order valence-corrected chi connectivity index (χ4v) is 2.13. The summed E-state index contributed by atoms with van der Waals surface area (Å²) in [6, 6.07) is 3.13. The van der Waals surface area contributed by atoms with Crippen LogP contribution in [-0.4, -0.2) is 26.9 Å². The van der Waals surface area contributed by atoms with Crippen LogP contribution < -0.4 is 5.73 Å². The number of ether oxygens (including phenoxy) is 1. The monoisotopic (exact) mass is 355 g/mol. The van der Waals surface area contributed by atoms with Crippen LogP contribution in [0, 0.1) is 0 Å². The summed E-state index contributed by atoms with van der Waals surface area (Å²) < 4.78 is 45.0. The van der Waals surface area contributed by atoms with Gasteiger partial charge < -0.3 is 10.5 Å². The Morgan fingerprint density at radius 1 is 1.32 bits per heavy atom. The van der Waals surface area contributed by atoms with Crippen molar-refractivity contribution >= 4 is 12.0 Å². The van der Waals surface area contributed by atoms with Gasteiger partial charge in [-0.2, -0.15) is 13.2 Å². The summed E-state index contributed by atoms with van der Waals surface area (Å²) in [5, 5.41) is 11.1. The van der Waals surface area contributed by atoms with Gasteiger partial charge in [0.2, 0.25) is 5.90 Å². The molecule has 0 bridgehead atoms. The van der Waals surface area contributed by atoms with E-state index in [4.69, 9.17) is 10.5 Å². The van der Waals surface area contributed by atoms with Crippen molar-refractivity contribution in [3.63, 3.8) is 0 Å². The number of carbonyl (C=O) groups excluding carboxylic acids is 1. The van der Waals surface area contributed by atoms with Crippen LogP contribution in [0.5, 0.6) is 0 Å². The molecule has 0 radical (unpaired) electrons. The highest BCUT2D eigenvalue weighted by Gasteiger charge is 2.31. The summed E-state index contributed by atoms with van der Waals surface area (Å²) in [5.41, 5.74) is 4.86. The minimum absolute atomic E-state index is 0.230. The Morgan fingerprint density at radius 2 is 2.00 bits per heavy atom. The zero-order valence-corrected chi connectivity index (χ0v) is 13.3. The summed E-state index contributed by atoms with van der Waals surface area (Å²) in [6.07, 6.45) is -1.34. The number of carbonyl (C=O) groups is 1. The van der Waals surface area contributed by atoms with Gasteiger partial charge >= 0.3 is 12.3 Å². The van der Waals surface area contributed by atoms with Crippen molar-refractivity contribution in [2.45, 2.75) is 32.4 Å². The molecule has 0 aliphatic heterocycles. The number of hydrogen-bond acceptors (Lipinski definition) is 5. The fraction of sp³-hybridized carbons (Fsp3) is 0.333. The molecule has 0 spiro atoms. The largest absolute Gasteiger partial charge is 0.416 e. The molecule has 2 N–H and O–H groups in total. The van der Waals surface area contributed by atoms with Gasteiger partial charge in [-0.15, -0.1) is 15.3 Å². The topological polar surface area (TPSA) is 95.4 Å². The minimum Gasteiger partial charge on any atom is -0.389 e. The predicted molar refractivity (Wildman–Crippen MR) is 82.7 cm³/mol. The lowest BCUT2D eigenvalue weighted by Gasteiger charge is -2.14. The number of halogens is 3. The van der Waals surface area contributed by atoms with Crippen LogP contribution in [0.3, 0.4) is 0 Å². The molecule has 10 heteroatoms. The number of rotatable bonds is 5. The zero-order chi connectivity index (χ0) is 18.4. The Bertz CT molecular complexity index is 757. The average molecular weight is 355 g/mol. The first kappa shape index (κ1) is 18.4. The maximum Gasteiger partial charge on any atom is 0.416 e. The molecule has 2 rings (SSSR count). The number of alkyl halides is 3. The van der Waals surface area contributed by atoms with E-state index in [9.17, 15) is 18.0 Å². The number of unbranched alkanes of at least 4 members (excludes halogenated alkanes) is 1. The lowest BCUT2D eigenvalue weighted by Crippen LogP contribution is -2.21. The summed E-state index contributed by atoms with van der Waals surface area (Å²) in [7, 11) is 0. The molecule has 0 aliphatic carbocycles. The molecule has 1 aromatic carbocycles. The fourth-order valence-electron chi connectivity index (χ4n) is 2.13. The second kappa shape index (κ2) is 7.77. The summed E-state index contributed by atoms with van der Waals surface area (Å²) in [6.45, 7) is 1.92. The van der Waals surface area contributed by atoms with E-state index in [0.717, 1.165) is 23.2 Å². The quantitative estimate of drug-likeness (QED) is 0.659. The van der Waals surface area contributed by atoms with Crippen LogP contribution in [0.4, 0.5) is 18.0 Å². The number of hydrogen-bond donors (Lipinski definition) is 1. The van der Waals surface area contributed by atoms with Crippen LogP contribution in [-0.2, 0) is 17.3 Å². The predicted octanol–water partition coefficient (Wildman–Crippen LogP) is 2.94. The molecule has 0 fully saturated rings. The van der Waals surface area contributed by atoms with E-state index in [2.05, 4.69) is 15.3 Å². The molecule has 0 atom stereocenters. The summed E-state index contributed by atoms with van der Waals surface area (Å²) in [5.74, 6) is -0.230. The lowest BCUT2D eigenvalue weighted by atomic mass is 9.98. The molecule has 0 saturated carbocycles. The Kier molecular flexibility index (Phi) is 5.73. The van der Waals surface area contributed by atoms with Crippen LogP contribution in [0.2, 0.25) is 0 Å². The lowest BCUT2D eigenvalue weighted by molar-refractivity contribution is -0.137. The molecule has 0 aliphatic rings. The van der Waals surface area contributed by atoms with Gasteiger partial charge in [-0.1, -0.05) is 13.3 Å². The zero-order valence-electron chi connectivity index (χ0n) is 13.3. The molecule has 0 unspecified atom stereocenters. The van der Waals surface area contributed by atoms with Gasteiger partial charge in [0.1, 0.15) is 12.7 Å². The normalized spacial score (nSPS) is 12.2. The third-order valence-electron chi connectivity index (χ3n) is 3.27. The number of amides is 1. The van der Waals surface area contributed by atoms with Crippen molar-refractivity contribution in [3.8, 4) is 0 Å². The van der Waals surface area contributed by atoms with Crippen LogP contribution in [0.1, 0.15) is 36.5 Å². The molecule has 1 heterocycles. The Morgan fingerprint density at radius 3 is 2.56 bits per heavy atom. The molecule has 1 aromatic heterocycles. The van der Waals surface area contributed by atoms with E-state index in [1.807, 2.05) is 6.92 Å². The number of benzene rings is 1. The van der Waals surface area contributed by atoms with Crippen molar-refractivity contribution in [3.05, 3.63) is 47.5 Å². The third kappa shape index (κ3) is 5.03. The first-order valence-corrected chi connectivity index (χ1v) is 7.42. The average Bonchev–Trinajstić information content (AvgIpc) is 3.03. The van der Waals surface area contributed by atoms with E-state index in [1.54, 1.807) is 0 Å². The molecule has 134 valence electrons. The van der Waals surface area contributed by atoms with Gasteiger partial charge in [-0.25, -0.2) is 9.47 Å². The van der Waals surface area contributed by atoms with Crippen molar-refractivity contribution in [1.82, 2.24) is 14.9 Å². The SMILES string of the molecule is CCCCc1cc(C(F)(F)F)ccc1/C(=N/n1cnnc1)OC(N)=O. The highest BCUT2D eigenvalue weighted by Crippen LogP contribution is 2.31. The van der Waals surface area contributed by atoms with Gasteiger partial charge in [-0.3, -0.25) is 0 Å². The number of nitrogens with zero attached hydrogens (tertiary/aromatic N) is 4. The van der Waals surface area contributed by atoms with E-state index in [0.29, 0.717) is 18.4 Å². The first-order chi connectivity index (χ1) is 11.8. The van der Waals surface area contributed by atoms with Crippen molar-refractivity contribution < 1.29 is 22.7 Å². The molecule has 1 amide bonds. The highest BCUT2D eigenvalue weighted by molar-refractivity contribution is 6.01. The third-order valence-corrected chi connectivity index (χ3v) is 3.27. The molecule has 7 nitrogen and oxygen atoms in total. The maximum atomic E-state index is 13.0. The van der Waals surface area contributed by atoms with Crippen LogP contribution in [0.15, 0.2) is 36.0 Å². The van der Waals surface area contributed by atoms with Gasteiger partial charge in [0.05, 0.1) is 5.56 Å². The van der Waals surface area contributed by atoms with Crippen molar-refractivity contribution in [2.24, 2.45) is 10.8 Å². The number of primary amides is 1. The van der Waals surface area contributed by atoms with Crippen molar-refractivity contribution in [1.29, 1.82) is 0 Å². The molecular formula is C15H16F3N5O2. The van der Waals surface area contributed by atoms with Crippen molar-refractivity contribution in [2.75, 3.05) is 0 Å². The molecule has 0 saturated heterocycles. The van der Waals surface area contributed by atoms with E-state index < -0.39 is 17.8 Å². The van der Waals surface area contributed by atoms with Crippen LogP contribution >= 0.6 is 0 Å². The maximum absolute atomic E-state index is 13.0. The standard InChI is InChI=1S/C15H16F3N5O2/c1-2-3-4-10-7-11(15(16,17)18)5-6-12(10)13(25-14(19)24)22-23-8-20-21-9-23/h5-9H,2-4H2,1H3,(H2,19,24)/b22-13-. The summed E-state index contributed by atoms with van der Waals surface area (Å²) >= 11 is 0. The second-order valence-corrected chi connectivity index (χ2v) is 5.14. The Hall–Kier alpha value is -2.91. The number of aryl methyl sites for hydroxylation is 1. The number of nitrogens with two attached hydrogens (primary N) is 1. The number of aromatic nitrogens is 3. The Labute approximate surface area is 141 Å². The van der Waals surface area contributed by atoms with Gasteiger partial charge in [-0.05, 0) is 36.6 Å². The van der Waals surface area contributed by atoms with Gasteiger partial charge in [0, 0.05) is 5.56 Å². The summed E-state index contributed by atoms with van der Waals surface area (Å²) in [4.78, 5) is 11.2. The van der Waals surface area contributed by atoms with E-state index >= 15 is 0 Å². The van der Waals surface area contributed by atoms with Gasteiger partial charge in [0.15, 0.2) is 0 Å². The second-order valence-electron chi connectivity index (χ2n) is 5.14. The van der Waals surface area contributed by atoms with Crippen LogP contribution in [0.25, 0.3) is 0 Å². The highest BCUT2D eigenvalue weighted by atomic mass is 19.4. The van der Waals surface area contributed by atoms with E-state index in [-0.39, 0.29) is 11.5 Å². The molecule has 25 heavy (non-hydrogen) atoms. The molecule has 2 aromatic rings. The van der Waals surface area contributed by atoms with E-state index in [1.165, 1.54) is 18.7 Å². The first-order valence-electron chi connectivity index (χ1n) is 7.42. The minimum atomic E-state index is -4.48. The molecular weight excluding hydrogens is 339 g/mol. The van der Waals surface area contributed by atoms with Gasteiger partial charge in [0.25, 0.3) is 0 Å². The smallest absolute Gasteiger partial charge is 0.389 e.